The van der Waals surface area contributed by atoms with E-state index in [2.05, 4.69) is 0 Å². The molecule has 1 N–H and O–H groups in total. The van der Waals surface area contributed by atoms with Gasteiger partial charge in [-0.05, 0) is 12.8 Å². The smallest absolute Gasteiger partial charge is 0.305 e. The highest BCUT2D eigenvalue weighted by Gasteiger charge is 2.27. The Morgan fingerprint density at radius 2 is 1.69 bits per heavy atom. The van der Waals surface area contributed by atoms with E-state index in [0.29, 0.717) is 52.3 Å². The number of ether oxygens (including phenoxy) is 2. The summed E-state index contributed by atoms with van der Waals surface area (Å²) in [6.45, 7) is 2.74. The van der Waals surface area contributed by atoms with Gasteiger partial charge in [-0.25, -0.2) is 0 Å². The number of carbonyl (C=O) groups is 4. The van der Waals surface area contributed by atoms with Crippen LogP contribution in [0.4, 0.5) is 0 Å². The number of aliphatic carboxylic acids is 1. The van der Waals surface area contributed by atoms with E-state index >= 15 is 0 Å². The lowest BCUT2D eigenvalue weighted by Gasteiger charge is -2.37. The maximum Gasteiger partial charge on any atom is 0.305 e. The Morgan fingerprint density at radius 1 is 1.04 bits per heavy atom. The largest absolute Gasteiger partial charge is 0.481 e. The predicted molar refractivity (Wildman–Crippen MR) is 91.6 cm³/mol. The molecule has 1 heterocycles. The van der Waals surface area contributed by atoms with Crippen molar-refractivity contribution in [1.29, 1.82) is 0 Å². The Bertz CT molecular complexity index is 450. The normalized spacial score (nSPS) is 14.8. The molecule has 0 bridgehead atoms. The molecule has 0 unspecified atom stereocenters. The third-order valence-electron chi connectivity index (χ3n) is 4.19. The fourth-order valence-electron chi connectivity index (χ4n) is 2.78. The zero-order valence-electron chi connectivity index (χ0n) is 15.0. The van der Waals surface area contributed by atoms with E-state index in [1.807, 2.05) is 0 Å². The Hall–Kier alpha value is -2.00. The Labute approximate surface area is 153 Å². The van der Waals surface area contributed by atoms with Crippen LogP contribution in [0.15, 0.2) is 0 Å². The Morgan fingerprint density at radius 3 is 2.27 bits per heavy atom. The summed E-state index contributed by atoms with van der Waals surface area (Å²) in [5.41, 5.74) is 0. The highest BCUT2D eigenvalue weighted by Crippen LogP contribution is 2.17. The lowest BCUT2D eigenvalue weighted by atomic mass is 10.0. The second-order valence-electron chi connectivity index (χ2n) is 6.03. The van der Waals surface area contributed by atoms with Gasteiger partial charge in [-0.1, -0.05) is 0 Å². The lowest BCUT2D eigenvalue weighted by molar-refractivity contribution is -0.138. The zero-order valence-corrected chi connectivity index (χ0v) is 15.0. The topological polar surface area (TPSA) is 113 Å². The number of rotatable bonds is 14. The zero-order chi connectivity index (χ0) is 19.2. The molecule has 1 aliphatic rings. The first-order chi connectivity index (χ1) is 12.6. The van der Waals surface area contributed by atoms with Crippen LogP contribution in [0, 0.1) is 0 Å². The molecule has 0 spiro atoms. The molecule has 0 aliphatic carbocycles. The van der Waals surface area contributed by atoms with Crippen LogP contribution in [0.5, 0.6) is 0 Å². The van der Waals surface area contributed by atoms with Gasteiger partial charge in [0.05, 0.1) is 32.8 Å². The van der Waals surface area contributed by atoms with Crippen molar-refractivity contribution in [3.05, 3.63) is 0 Å². The van der Waals surface area contributed by atoms with Crippen LogP contribution in [-0.4, -0.2) is 91.6 Å². The minimum absolute atomic E-state index is 0.0424. The number of carboxylic acid groups (broad SMARTS) is 1. The van der Waals surface area contributed by atoms with E-state index in [-0.39, 0.29) is 37.8 Å². The van der Waals surface area contributed by atoms with Crippen LogP contribution in [0.1, 0.15) is 32.1 Å². The Kier molecular flexibility index (Phi) is 11.2. The fraction of sp³-hybridized carbons (Fsp3) is 0.765. The number of aldehydes is 1. The van der Waals surface area contributed by atoms with Gasteiger partial charge in [0, 0.05) is 38.5 Å². The highest BCUT2D eigenvalue weighted by atomic mass is 16.5. The predicted octanol–water partition coefficient (Wildman–Crippen LogP) is -0.0772. The van der Waals surface area contributed by atoms with Crippen molar-refractivity contribution >= 4 is 24.6 Å². The van der Waals surface area contributed by atoms with Crippen molar-refractivity contribution in [2.75, 3.05) is 46.1 Å². The molecular formula is C17H28N2O7. The van der Waals surface area contributed by atoms with Gasteiger partial charge in [-0.3, -0.25) is 14.4 Å². The van der Waals surface area contributed by atoms with Gasteiger partial charge in [0.2, 0.25) is 12.3 Å². The van der Waals surface area contributed by atoms with Crippen molar-refractivity contribution in [3.8, 4) is 0 Å². The molecule has 0 aromatic rings. The molecule has 0 atom stereocenters. The minimum Gasteiger partial charge on any atom is -0.481 e. The molecule has 1 saturated heterocycles. The van der Waals surface area contributed by atoms with Crippen LogP contribution in [0.25, 0.3) is 0 Å². The fourth-order valence-corrected chi connectivity index (χ4v) is 2.78. The summed E-state index contributed by atoms with van der Waals surface area (Å²) in [7, 11) is 0. The number of hydrogen-bond donors (Lipinski definition) is 1. The SMILES string of the molecule is O=CCCC(=O)N(CCOCCOCCC(=O)O)C1CCN(C=O)CC1. The number of piperidine rings is 1. The maximum absolute atomic E-state index is 12.4. The van der Waals surface area contributed by atoms with Gasteiger partial charge in [0.15, 0.2) is 0 Å². The minimum atomic E-state index is -0.906. The standard InChI is InChI=1S/C17H28N2O7/c20-9-1-2-16(22)19(15-3-6-18(14-21)7-4-15)8-11-26-13-12-25-10-5-17(23)24/h9,14-15H,1-8,10-13H2,(H,23,24). The molecule has 148 valence electrons. The van der Waals surface area contributed by atoms with Crippen LogP contribution in [-0.2, 0) is 28.7 Å². The molecule has 0 aromatic carbocycles. The molecule has 0 aromatic heterocycles. The van der Waals surface area contributed by atoms with E-state index in [0.717, 1.165) is 12.7 Å². The number of hydrogen-bond acceptors (Lipinski definition) is 6. The molecule has 0 radical (unpaired) electrons. The van der Waals surface area contributed by atoms with E-state index in [9.17, 15) is 19.2 Å². The second kappa shape index (κ2) is 13.2. The Balaban J connectivity index is 2.33. The number of carbonyl (C=O) groups excluding carboxylic acids is 3. The van der Waals surface area contributed by atoms with Crippen LogP contribution in [0.3, 0.4) is 0 Å². The van der Waals surface area contributed by atoms with Crippen LogP contribution < -0.4 is 0 Å². The van der Waals surface area contributed by atoms with Gasteiger partial charge in [0.25, 0.3) is 0 Å². The molecule has 0 saturated carbocycles. The van der Waals surface area contributed by atoms with Gasteiger partial charge >= 0.3 is 5.97 Å². The molecule has 2 amide bonds. The summed E-state index contributed by atoms with van der Waals surface area (Å²) in [6, 6.07) is 0.0424. The van der Waals surface area contributed by atoms with Crippen molar-refractivity contribution < 1.29 is 33.8 Å². The molecule has 9 heteroatoms. The second-order valence-corrected chi connectivity index (χ2v) is 6.03. The van der Waals surface area contributed by atoms with Crippen LogP contribution >= 0.6 is 0 Å². The number of likely N-dealkylation sites (tertiary alicyclic amines) is 1. The summed E-state index contributed by atoms with van der Waals surface area (Å²) >= 11 is 0. The molecule has 26 heavy (non-hydrogen) atoms. The van der Waals surface area contributed by atoms with E-state index in [1.165, 1.54) is 0 Å². The van der Waals surface area contributed by atoms with Crippen molar-refractivity contribution in [2.45, 2.75) is 38.1 Å². The van der Waals surface area contributed by atoms with Gasteiger partial charge in [-0.2, -0.15) is 0 Å². The summed E-state index contributed by atoms with van der Waals surface area (Å²) in [6.07, 6.45) is 3.31. The first-order valence-electron chi connectivity index (χ1n) is 8.88. The maximum atomic E-state index is 12.4. The molecule has 1 aliphatic heterocycles. The number of nitrogens with zero attached hydrogens (tertiary/aromatic N) is 2. The van der Waals surface area contributed by atoms with Gasteiger partial charge in [-0.15, -0.1) is 0 Å². The van der Waals surface area contributed by atoms with Gasteiger partial charge in [0.1, 0.15) is 6.29 Å². The molecule has 1 fully saturated rings. The highest BCUT2D eigenvalue weighted by molar-refractivity contribution is 5.78. The van der Waals surface area contributed by atoms with Crippen LogP contribution in [0.2, 0.25) is 0 Å². The lowest BCUT2D eigenvalue weighted by Crippen LogP contribution is -2.48. The summed E-state index contributed by atoms with van der Waals surface area (Å²) in [5.74, 6) is -0.987. The van der Waals surface area contributed by atoms with E-state index < -0.39 is 5.97 Å². The molecule has 9 nitrogen and oxygen atoms in total. The van der Waals surface area contributed by atoms with Crippen molar-refractivity contribution in [3.63, 3.8) is 0 Å². The summed E-state index contributed by atoms with van der Waals surface area (Å²) < 4.78 is 10.6. The average molecular weight is 372 g/mol. The third kappa shape index (κ3) is 8.91. The summed E-state index contributed by atoms with van der Waals surface area (Å²) in [4.78, 5) is 47.5. The first-order valence-corrected chi connectivity index (χ1v) is 8.88. The van der Waals surface area contributed by atoms with Crippen molar-refractivity contribution in [2.24, 2.45) is 0 Å². The monoisotopic (exact) mass is 372 g/mol. The van der Waals surface area contributed by atoms with Crippen molar-refractivity contribution in [1.82, 2.24) is 9.80 Å². The average Bonchev–Trinajstić information content (AvgIpc) is 2.65. The quantitative estimate of drug-likeness (QED) is 0.335. The first kappa shape index (κ1) is 22.0. The summed E-state index contributed by atoms with van der Waals surface area (Å²) in [5, 5.41) is 8.49. The van der Waals surface area contributed by atoms with Gasteiger partial charge < -0.3 is 29.2 Å². The van der Waals surface area contributed by atoms with E-state index in [1.54, 1.807) is 9.80 Å². The van der Waals surface area contributed by atoms with E-state index in [4.69, 9.17) is 14.6 Å². The third-order valence-corrected chi connectivity index (χ3v) is 4.19. The molecular weight excluding hydrogens is 344 g/mol. The number of amides is 2. The molecule has 1 rings (SSSR count). The number of carboxylic acids is 1.